The molecule has 1 rings (SSSR count). The van der Waals surface area contributed by atoms with Crippen LogP contribution in [0.15, 0.2) is 12.2 Å². The van der Waals surface area contributed by atoms with E-state index in [0.29, 0.717) is 13.0 Å². The van der Waals surface area contributed by atoms with Crippen molar-refractivity contribution >= 4 is 11.8 Å². The molecule has 2 unspecified atom stereocenters. The first-order chi connectivity index (χ1) is 8.87. The topological polar surface area (TPSA) is 49.4 Å². The monoisotopic (exact) mass is 266 g/mol. The van der Waals surface area contributed by atoms with E-state index in [1.165, 1.54) is 0 Å². The van der Waals surface area contributed by atoms with Gasteiger partial charge in [0.1, 0.15) is 11.6 Å². The van der Waals surface area contributed by atoms with E-state index in [2.05, 4.69) is 5.32 Å². The number of hydrogen-bond acceptors (Lipinski definition) is 2. The second-order valence-corrected chi connectivity index (χ2v) is 5.72. The van der Waals surface area contributed by atoms with E-state index in [4.69, 9.17) is 0 Å². The van der Waals surface area contributed by atoms with Gasteiger partial charge in [-0.15, -0.1) is 0 Å². The van der Waals surface area contributed by atoms with Crippen LogP contribution in [0.5, 0.6) is 0 Å². The van der Waals surface area contributed by atoms with Crippen molar-refractivity contribution in [1.82, 2.24) is 10.2 Å². The van der Waals surface area contributed by atoms with E-state index in [-0.39, 0.29) is 23.8 Å². The predicted molar refractivity (Wildman–Crippen MR) is 76.6 cm³/mol. The summed E-state index contributed by atoms with van der Waals surface area (Å²) in [6.45, 7) is 10.3. The summed E-state index contributed by atoms with van der Waals surface area (Å²) in [5.74, 6) is 0.133. The van der Waals surface area contributed by atoms with Gasteiger partial charge in [-0.05, 0) is 32.6 Å². The van der Waals surface area contributed by atoms with Crippen molar-refractivity contribution < 1.29 is 9.59 Å². The van der Waals surface area contributed by atoms with Gasteiger partial charge in [0.25, 0.3) is 0 Å². The Morgan fingerprint density at radius 2 is 2.05 bits per heavy atom. The fourth-order valence-electron chi connectivity index (χ4n) is 2.51. The number of hydrogen-bond donors (Lipinski definition) is 1. The van der Waals surface area contributed by atoms with Gasteiger partial charge in [0.2, 0.25) is 11.8 Å². The average molecular weight is 266 g/mol. The number of nitrogens with one attached hydrogen (secondary N) is 1. The third-order valence-corrected chi connectivity index (χ3v) is 3.85. The van der Waals surface area contributed by atoms with Crippen LogP contribution < -0.4 is 5.32 Å². The van der Waals surface area contributed by atoms with Gasteiger partial charge in [-0.2, -0.15) is 0 Å². The Kier molecular flexibility index (Phi) is 5.15. The molecule has 0 aromatic rings. The summed E-state index contributed by atoms with van der Waals surface area (Å²) in [6.07, 6.45) is 5.40. The third kappa shape index (κ3) is 3.17. The summed E-state index contributed by atoms with van der Waals surface area (Å²) in [4.78, 5) is 26.7. The molecule has 0 bridgehead atoms. The molecule has 0 saturated carbocycles. The van der Waals surface area contributed by atoms with Crippen molar-refractivity contribution in [3.63, 3.8) is 0 Å². The Labute approximate surface area is 116 Å². The Bertz CT molecular complexity index is 376. The highest BCUT2D eigenvalue weighted by Crippen LogP contribution is 2.25. The quantitative estimate of drug-likeness (QED) is 0.775. The van der Waals surface area contributed by atoms with Crippen LogP contribution in [0.25, 0.3) is 0 Å². The molecule has 19 heavy (non-hydrogen) atoms. The first-order valence-electron chi connectivity index (χ1n) is 7.11. The maximum Gasteiger partial charge on any atom is 0.248 e. The van der Waals surface area contributed by atoms with E-state index in [0.717, 1.165) is 6.42 Å². The molecule has 1 saturated heterocycles. The molecular weight excluding hydrogens is 240 g/mol. The largest absolute Gasteiger partial charge is 0.340 e. The van der Waals surface area contributed by atoms with E-state index < -0.39 is 5.54 Å². The highest BCUT2D eigenvalue weighted by molar-refractivity contribution is 5.99. The number of carbonyl (C=O) groups is 2. The lowest BCUT2D eigenvalue weighted by molar-refractivity contribution is -0.156. The molecule has 1 N–H and O–H groups in total. The number of amides is 2. The Morgan fingerprint density at radius 3 is 2.53 bits per heavy atom. The molecule has 1 fully saturated rings. The molecule has 2 amide bonds. The van der Waals surface area contributed by atoms with Gasteiger partial charge in [-0.3, -0.25) is 9.59 Å². The summed E-state index contributed by atoms with van der Waals surface area (Å²) in [5, 5.41) is 2.90. The number of rotatable bonds is 5. The number of piperazine rings is 1. The lowest BCUT2D eigenvalue weighted by Gasteiger charge is -2.45. The van der Waals surface area contributed by atoms with Gasteiger partial charge in [0.15, 0.2) is 0 Å². The van der Waals surface area contributed by atoms with Crippen LogP contribution in [0.1, 0.15) is 47.5 Å². The highest BCUT2D eigenvalue weighted by atomic mass is 16.2. The minimum Gasteiger partial charge on any atom is -0.340 e. The fraction of sp³-hybridized carbons (Fsp3) is 0.733. The highest BCUT2D eigenvalue weighted by Gasteiger charge is 2.47. The number of allylic oxidation sites excluding steroid dienone is 1. The van der Waals surface area contributed by atoms with Crippen molar-refractivity contribution in [2.45, 2.75) is 59.0 Å². The van der Waals surface area contributed by atoms with Crippen LogP contribution >= 0.6 is 0 Å². The summed E-state index contributed by atoms with van der Waals surface area (Å²) < 4.78 is 0. The minimum atomic E-state index is -0.752. The van der Waals surface area contributed by atoms with Gasteiger partial charge in [-0.1, -0.05) is 32.9 Å². The van der Waals surface area contributed by atoms with E-state index >= 15 is 0 Å². The number of carbonyl (C=O) groups excluding carboxylic acids is 2. The Hall–Kier alpha value is -1.32. The Morgan fingerprint density at radius 1 is 1.42 bits per heavy atom. The summed E-state index contributed by atoms with van der Waals surface area (Å²) in [6, 6.07) is -0.350. The standard InChI is InChI=1S/C15H26N2O2/c1-6-8-9-10-17-12(11(3)4)13(18)16-15(5,7-2)14(17)19/h6,8,11-12H,7,9-10H2,1-5H3,(H,16,18)/b8-6+. The first kappa shape index (κ1) is 15.7. The van der Waals surface area contributed by atoms with E-state index in [1.54, 1.807) is 4.90 Å². The lowest BCUT2D eigenvalue weighted by Crippen LogP contribution is -2.70. The first-order valence-corrected chi connectivity index (χ1v) is 7.11. The molecule has 4 nitrogen and oxygen atoms in total. The predicted octanol–water partition coefficient (Wildman–Crippen LogP) is 2.10. The average Bonchev–Trinajstić information content (AvgIpc) is 2.34. The van der Waals surface area contributed by atoms with Crippen molar-refractivity contribution in [3.8, 4) is 0 Å². The van der Waals surface area contributed by atoms with E-state index in [9.17, 15) is 9.59 Å². The normalized spacial score (nSPS) is 28.3. The smallest absolute Gasteiger partial charge is 0.248 e. The summed E-state index contributed by atoms with van der Waals surface area (Å²) >= 11 is 0. The maximum atomic E-state index is 12.6. The van der Waals surface area contributed by atoms with Crippen LogP contribution in [0, 0.1) is 5.92 Å². The maximum absolute atomic E-state index is 12.6. The zero-order chi connectivity index (χ0) is 14.6. The summed E-state index contributed by atoms with van der Waals surface area (Å²) in [5.41, 5.74) is -0.752. The van der Waals surface area contributed by atoms with Crippen LogP contribution in [-0.2, 0) is 9.59 Å². The third-order valence-electron chi connectivity index (χ3n) is 3.85. The molecule has 1 heterocycles. The van der Waals surface area contributed by atoms with Crippen LogP contribution in [0.2, 0.25) is 0 Å². The van der Waals surface area contributed by atoms with Crippen LogP contribution in [-0.4, -0.2) is 34.8 Å². The van der Waals surface area contributed by atoms with Gasteiger partial charge >= 0.3 is 0 Å². The molecule has 4 heteroatoms. The zero-order valence-corrected chi connectivity index (χ0v) is 12.7. The molecule has 108 valence electrons. The SMILES string of the molecule is C/C=C/CCN1C(=O)C(C)(CC)NC(=O)C1C(C)C. The molecule has 1 aliphatic rings. The molecule has 2 atom stereocenters. The second-order valence-electron chi connectivity index (χ2n) is 5.72. The lowest BCUT2D eigenvalue weighted by atomic mass is 9.88. The number of nitrogens with zero attached hydrogens (tertiary/aromatic N) is 1. The molecule has 0 aromatic heterocycles. The van der Waals surface area contributed by atoms with Gasteiger partial charge in [-0.25, -0.2) is 0 Å². The van der Waals surface area contributed by atoms with Crippen molar-refractivity contribution in [2.75, 3.05) is 6.54 Å². The molecule has 0 radical (unpaired) electrons. The van der Waals surface area contributed by atoms with Crippen LogP contribution in [0.3, 0.4) is 0 Å². The molecule has 1 aliphatic heterocycles. The minimum absolute atomic E-state index is 0.0283. The van der Waals surface area contributed by atoms with E-state index in [1.807, 2.05) is 46.8 Å². The molecular formula is C15H26N2O2. The fourth-order valence-corrected chi connectivity index (χ4v) is 2.51. The summed E-state index contributed by atoms with van der Waals surface area (Å²) in [7, 11) is 0. The molecule has 0 aromatic carbocycles. The van der Waals surface area contributed by atoms with Crippen molar-refractivity contribution in [3.05, 3.63) is 12.2 Å². The Balaban J connectivity index is 3.00. The zero-order valence-electron chi connectivity index (χ0n) is 12.7. The second kappa shape index (κ2) is 6.22. The van der Waals surface area contributed by atoms with Crippen molar-refractivity contribution in [2.24, 2.45) is 5.92 Å². The van der Waals surface area contributed by atoms with Crippen molar-refractivity contribution in [1.29, 1.82) is 0 Å². The molecule has 0 aliphatic carbocycles. The molecule has 0 spiro atoms. The van der Waals surface area contributed by atoms with Gasteiger partial charge in [0.05, 0.1) is 0 Å². The van der Waals surface area contributed by atoms with Gasteiger partial charge in [0, 0.05) is 6.54 Å². The van der Waals surface area contributed by atoms with Crippen LogP contribution in [0.4, 0.5) is 0 Å². The van der Waals surface area contributed by atoms with Gasteiger partial charge < -0.3 is 10.2 Å².